The molecule has 6 nitrogen and oxygen atoms in total. The van der Waals surface area contributed by atoms with Gasteiger partial charge in [0.15, 0.2) is 0 Å². The minimum absolute atomic E-state index is 0.0518. The first kappa shape index (κ1) is 22.3. The van der Waals surface area contributed by atoms with Gasteiger partial charge in [-0.15, -0.1) is 11.8 Å². The molecule has 2 aromatic heterocycles. The maximum Gasteiger partial charge on any atom is 0.256 e. The minimum atomic E-state index is 0.0518. The highest BCUT2D eigenvalue weighted by Gasteiger charge is 2.26. The largest absolute Gasteiger partial charge is 0.345 e. The second-order valence-electron chi connectivity index (χ2n) is 7.74. The van der Waals surface area contributed by atoms with Gasteiger partial charge in [0.05, 0.1) is 5.56 Å². The number of amides is 2. The second kappa shape index (κ2) is 11.1. The van der Waals surface area contributed by atoms with Gasteiger partial charge in [0.25, 0.3) is 5.91 Å². The lowest BCUT2D eigenvalue weighted by Crippen LogP contribution is -2.40. The Kier molecular flexibility index (Phi) is 8.25. The molecule has 0 saturated carbocycles. The molecule has 0 aliphatic carbocycles. The summed E-state index contributed by atoms with van der Waals surface area (Å²) in [6, 6.07) is 9.51. The second-order valence-corrected chi connectivity index (χ2v) is 8.54. The summed E-state index contributed by atoms with van der Waals surface area (Å²) in [6.07, 6.45) is 9.59. The number of likely N-dealkylation sites (tertiary alicyclic amines) is 1. The van der Waals surface area contributed by atoms with Crippen molar-refractivity contribution < 1.29 is 9.59 Å². The Hall–Kier alpha value is -2.41. The molecule has 30 heavy (non-hydrogen) atoms. The topological polar surface area (TPSA) is 66.4 Å². The van der Waals surface area contributed by atoms with E-state index >= 15 is 0 Å². The van der Waals surface area contributed by atoms with Gasteiger partial charge in [0, 0.05) is 57.6 Å². The summed E-state index contributed by atoms with van der Waals surface area (Å²) in [4.78, 5) is 37.9. The zero-order chi connectivity index (χ0) is 21.3. The Labute approximate surface area is 183 Å². The molecule has 3 heterocycles. The predicted octanol–water partition coefficient (Wildman–Crippen LogP) is 3.53. The monoisotopic (exact) mass is 426 g/mol. The summed E-state index contributed by atoms with van der Waals surface area (Å²) in [5.41, 5.74) is 1.68. The molecule has 1 aliphatic heterocycles. The van der Waals surface area contributed by atoms with E-state index in [9.17, 15) is 9.59 Å². The molecule has 160 valence electrons. The molecule has 0 N–H and O–H groups in total. The Balaban J connectivity index is 1.47. The van der Waals surface area contributed by atoms with Crippen LogP contribution in [0.15, 0.2) is 47.8 Å². The van der Waals surface area contributed by atoms with Crippen LogP contribution in [0.1, 0.15) is 41.7 Å². The average molecular weight is 427 g/mol. The summed E-state index contributed by atoms with van der Waals surface area (Å²) in [5.74, 6) is 0.576. The van der Waals surface area contributed by atoms with Crippen LogP contribution in [0.25, 0.3) is 0 Å². The molecular weight excluding hydrogens is 396 g/mol. The van der Waals surface area contributed by atoms with Crippen molar-refractivity contribution in [2.75, 3.05) is 32.9 Å². The fraction of sp³-hybridized carbons (Fsp3) is 0.478. The molecule has 0 unspecified atom stereocenters. The van der Waals surface area contributed by atoms with Crippen LogP contribution in [-0.4, -0.2) is 64.5 Å². The van der Waals surface area contributed by atoms with Gasteiger partial charge >= 0.3 is 0 Å². The van der Waals surface area contributed by atoms with E-state index in [2.05, 4.69) is 9.97 Å². The summed E-state index contributed by atoms with van der Waals surface area (Å²) < 4.78 is 0. The number of hydrogen-bond donors (Lipinski definition) is 0. The first-order valence-corrected chi connectivity index (χ1v) is 11.7. The van der Waals surface area contributed by atoms with Crippen molar-refractivity contribution in [3.8, 4) is 0 Å². The molecule has 2 amide bonds. The SMILES string of the molecule is CSc1ncccc1C(=O)N1CCC[C@@H](CCC(=O)N(C)CCc2ccccn2)C1. The highest BCUT2D eigenvalue weighted by molar-refractivity contribution is 7.98. The zero-order valence-electron chi connectivity index (χ0n) is 17.8. The maximum absolute atomic E-state index is 13.0. The van der Waals surface area contributed by atoms with Crippen molar-refractivity contribution in [3.05, 3.63) is 54.0 Å². The van der Waals surface area contributed by atoms with E-state index in [1.165, 1.54) is 11.8 Å². The number of hydrogen-bond acceptors (Lipinski definition) is 5. The number of pyridine rings is 2. The first-order chi connectivity index (χ1) is 14.6. The van der Waals surface area contributed by atoms with Crippen LogP contribution < -0.4 is 0 Å². The molecule has 1 fully saturated rings. The van der Waals surface area contributed by atoms with Crippen molar-refractivity contribution >= 4 is 23.6 Å². The minimum Gasteiger partial charge on any atom is -0.345 e. The average Bonchev–Trinajstić information content (AvgIpc) is 2.81. The maximum atomic E-state index is 13.0. The third-order valence-corrected chi connectivity index (χ3v) is 6.33. The lowest BCUT2D eigenvalue weighted by molar-refractivity contribution is -0.130. The molecule has 7 heteroatoms. The molecule has 0 radical (unpaired) electrons. The van der Waals surface area contributed by atoms with Gasteiger partial charge in [0.1, 0.15) is 5.03 Å². The van der Waals surface area contributed by atoms with Gasteiger partial charge in [-0.3, -0.25) is 14.6 Å². The van der Waals surface area contributed by atoms with E-state index in [0.717, 1.165) is 42.9 Å². The highest BCUT2D eigenvalue weighted by atomic mass is 32.2. The van der Waals surface area contributed by atoms with Crippen LogP contribution in [0, 0.1) is 5.92 Å². The quantitative estimate of drug-likeness (QED) is 0.604. The van der Waals surface area contributed by atoms with Crippen LogP contribution in [0.4, 0.5) is 0 Å². The van der Waals surface area contributed by atoms with Crippen LogP contribution in [0.3, 0.4) is 0 Å². The number of carbonyl (C=O) groups is 2. The molecule has 2 aromatic rings. The normalized spacial score (nSPS) is 16.3. The van der Waals surface area contributed by atoms with Crippen LogP contribution in [-0.2, 0) is 11.2 Å². The Bertz CT molecular complexity index is 846. The summed E-state index contributed by atoms with van der Waals surface area (Å²) in [5, 5.41) is 0.773. The van der Waals surface area contributed by atoms with Crippen molar-refractivity contribution in [2.24, 2.45) is 5.92 Å². The van der Waals surface area contributed by atoms with E-state index in [1.54, 1.807) is 17.3 Å². The molecular formula is C23H30N4O2S. The number of aromatic nitrogens is 2. The Morgan fingerprint density at radius 1 is 1.20 bits per heavy atom. The van der Waals surface area contributed by atoms with Crippen LogP contribution in [0.5, 0.6) is 0 Å². The lowest BCUT2D eigenvalue weighted by Gasteiger charge is -2.33. The molecule has 0 aromatic carbocycles. The summed E-state index contributed by atoms with van der Waals surface area (Å²) in [7, 11) is 1.86. The van der Waals surface area contributed by atoms with Gasteiger partial charge in [-0.25, -0.2) is 4.98 Å². The van der Waals surface area contributed by atoms with Crippen molar-refractivity contribution in [3.63, 3.8) is 0 Å². The van der Waals surface area contributed by atoms with Gasteiger partial charge in [-0.05, 0) is 55.7 Å². The molecule has 0 bridgehead atoms. The number of carbonyl (C=O) groups excluding carboxylic acids is 2. The number of likely N-dealkylation sites (N-methyl/N-ethyl adjacent to an activating group) is 1. The van der Waals surface area contributed by atoms with Crippen molar-refractivity contribution in [1.82, 2.24) is 19.8 Å². The van der Waals surface area contributed by atoms with Gasteiger partial charge in [-0.1, -0.05) is 6.07 Å². The standard InChI is InChI=1S/C23H30N4O2S/c1-26(16-12-19-8-3-4-13-24-19)21(28)11-10-18-7-6-15-27(17-18)23(29)20-9-5-14-25-22(20)30-2/h3-5,8-9,13-14,18H,6-7,10-12,15-17H2,1-2H3/t18-/m0/s1. The van der Waals surface area contributed by atoms with Crippen molar-refractivity contribution in [1.29, 1.82) is 0 Å². The molecule has 1 atom stereocenters. The van der Waals surface area contributed by atoms with E-state index < -0.39 is 0 Å². The number of nitrogens with zero attached hydrogens (tertiary/aromatic N) is 4. The Morgan fingerprint density at radius 3 is 2.80 bits per heavy atom. The van der Waals surface area contributed by atoms with E-state index in [4.69, 9.17) is 0 Å². The summed E-state index contributed by atoms with van der Waals surface area (Å²) in [6.45, 7) is 2.16. The number of piperidine rings is 1. The zero-order valence-corrected chi connectivity index (χ0v) is 18.6. The fourth-order valence-corrected chi connectivity index (χ4v) is 4.38. The van der Waals surface area contributed by atoms with Crippen LogP contribution in [0.2, 0.25) is 0 Å². The van der Waals surface area contributed by atoms with E-state index in [-0.39, 0.29) is 11.8 Å². The smallest absolute Gasteiger partial charge is 0.256 e. The summed E-state index contributed by atoms with van der Waals surface area (Å²) >= 11 is 1.50. The number of rotatable bonds is 8. The third kappa shape index (κ3) is 6.05. The van der Waals surface area contributed by atoms with Crippen molar-refractivity contribution in [2.45, 2.75) is 37.1 Å². The molecule has 0 spiro atoms. The van der Waals surface area contributed by atoms with Gasteiger partial charge in [-0.2, -0.15) is 0 Å². The van der Waals surface area contributed by atoms with E-state index in [0.29, 0.717) is 31.0 Å². The fourth-order valence-electron chi connectivity index (χ4n) is 3.84. The highest BCUT2D eigenvalue weighted by Crippen LogP contribution is 2.25. The molecule has 1 aliphatic rings. The molecule has 3 rings (SSSR count). The first-order valence-electron chi connectivity index (χ1n) is 10.5. The van der Waals surface area contributed by atoms with Gasteiger partial charge in [0.2, 0.25) is 5.91 Å². The third-order valence-electron chi connectivity index (χ3n) is 5.62. The predicted molar refractivity (Wildman–Crippen MR) is 119 cm³/mol. The number of thioether (sulfide) groups is 1. The van der Waals surface area contributed by atoms with E-state index in [1.807, 2.05) is 48.5 Å². The van der Waals surface area contributed by atoms with Crippen LogP contribution >= 0.6 is 11.8 Å². The lowest BCUT2D eigenvalue weighted by atomic mass is 9.92. The Morgan fingerprint density at radius 2 is 2.03 bits per heavy atom. The van der Waals surface area contributed by atoms with Gasteiger partial charge < -0.3 is 9.80 Å². The molecule has 1 saturated heterocycles.